The Morgan fingerprint density at radius 1 is 1.32 bits per heavy atom. The van der Waals surface area contributed by atoms with Gasteiger partial charge in [0, 0.05) is 6.04 Å². The van der Waals surface area contributed by atoms with Crippen molar-refractivity contribution in [3.05, 3.63) is 29.0 Å². The summed E-state index contributed by atoms with van der Waals surface area (Å²) in [4.78, 5) is -0.0795. The second-order valence-corrected chi connectivity index (χ2v) is 6.31. The highest BCUT2D eigenvalue weighted by atomic mass is 35.5. The largest absolute Gasteiger partial charge is 0.317 e. The van der Waals surface area contributed by atoms with Gasteiger partial charge in [-0.2, -0.15) is 0 Å². The molecule has 1 fully saturated rings. The first-order valence-electron chi connectivity index (χ1n) is 5.67. The van der Waals surface area contributed by atoms with Crippen LogP contribution in [0.1, 0.15) is 12.8 Å². The molecule has 2 N–H and O–H groups in total. The monoisotopic (exact) mass is 328 g/mol. The van der Waals surface area contributed by atoms with E-state index >= 15 is 0 Å². The van der Waals surface area contributed by atoms with Crippen molar-refractivity contribution in [3.8, 4) is 0 Å². The molecule has 1 aliphatic heterocycles. The Hall–Kier alpha value is -0.400. The maximum Gasteiger partial charge on any atom is 0.242 e. The van der Waals surface area contributed by atoms with E-state index < -0.39 is 15.8 Å². The normalized spacial score (nSPS) is 16.9. The smallest absolute Gasteiger partial charge is 0.242 e. The van der Waals surface area contributed by atoms with Gasteiger partial charge in [-0.15, -0.1) is 12.4 Å². The molecular formula is C11H15Cl2FN2O2S. The SMILES string of the molecule is Cl.O=S(=O)(NC1CCNCC1)c1ccc(F)cc1Cl. The van der Waals surface area contributed by atoms with Crippen LogP contribution in [0.2, 0.25) is 5.02 Å². The summed E-state index contributed by atoms with van der Waals surface area (Å²) in [5.41, 5.74) is 0. The summed E-state index contributed by atoms with van der Waals surface area (Å²) in [6, 6.07) is 3.17. The fourth-order valence-electron chi connectivity index (χ4n) is 1.92. The van der Waals surface area contributed by atoms with Gasteiger partial charge in [0.1, 0.15) is 10.7 Å². The van der Waals surface area contributed by atoms with Crippen LogP contribution >= 0.6 is 24.0 Å². The van der Waals surface area contributed by atoms with Gasteiger partial charge in [0.2, 0.25) is 10.0 Å². The van der Waals surface area contributed by atoms with Crippen LogP contribution in [0, 0.1) is 5.82 Å². The van der Waals surface area contributed by atoms with Crippen molar-refractivity contribution in [2.45, 2.75) is 23.8 Å². The number of benzene rings is 1. The highest BCUT2D eigenvalue weighted by Gasteiger charge is 2.23. The molecule has 0 aliphatic carbocycles. The predicted octanol–water partition coefficient (Wildman–Crippen LogP) is 1.93. The molecule has 0 aromatic heterocycles. The summed E-state index contributed by atoms with van der Waals surface area (Å²) in [6.07, 6.45) is 1.47. The lowest BCUT2D eigenvalue weighted by Crippen LogP contribution is -2.42. The topological polar surface area (TPSA) is 58.2 Å². The highest BCUT2D eigenvalue weighted by Crippen LogP contribution is 2.22. The van der Waals surface area contributed by atoms with Crippen molar-refractivity contribution in [3.63, 3.8) is 0 Å². The van der Waals surface area contributed by atoms with Gasteiger partial charge in [0.05, 0.1) is 5.02 Å². The van der Waals surface area contributed by atoms with Gasteiger partial charge < -0.3 is 5.32 Å². The Bertz CT molecular complexity index is 533. The molecule has 108 valence electrons. The van der Waals surface area contributed by atoms with Gasteiger partial charge in [-0.3, -0.25) is 0 Å². The molecule has 0 atom stereocenters. The number of hydrogen-bond acceptors (Lipinski definition) is 3. The van der Waals surface area contributed by atoms with Crippen molar-refractivity contribution >= 4 is 34.0 Å². The van der Waals surface area contributed by atoms with Crippen LogP contribution in [0.3, 0.4) is 0 Å². The molecule has 1 heterocycles. The second kappa shape index (κ2) is 6.85. The maximum atomic E-state index is 12.9. The molecular weight excluding hydrogens is 314 g/mol. The summed E-state index contributed by atoms with van der Waals surface area (Å²) in [5.74, 6) is -0.555. The van der Waals surface area contributed by atoms with E-state index in [2.05, 4.69) is 10.0 Å². The third-order valence-corrected chi connectivity index (χ3v) is 4.85. The van der Waals surface area contributed by atoms with E-state index in [0.29, 0.717) is 0 Å². The van der Waals surface area contributed by atoms with Crippen molar-refractivity contribution in [2.24, 2.45) is 0 Å². The minimum Gasteiger partial charge on any atom is -0.317 e. The summed E-state index contributed by atoms with van der Waals surface area (Å²) >= 11 is 5.76. The van der Waals surface area contributed by atoms with Crippen molar-refractivity contribution < 1.29 is 12.8 Å². The quantitative estimate of drug-likeness (QED) is 0.891. The van der Waals surface area contributed by atoms with E-state index in [1.807, 2.05) is 0 Å². The van der Waals surface area contributed by atoms with Gasteiger partial charge in [-0.25, -0.2) is 17.5 Å². The van der Waals surface area contributed by atoms with Crippen molar-refractivity contribution in [1.82, 2.24) is 10.0 Å². The van der Waals surface area contributed by atoms with Crippen LogP contribution < -0.4 is 10.0 Å². The first kappa shape index (κ1) is 16.7. The number of piperidine rings is 1. The standard InChI is InChI=1S/C11H14ClFN2O2S.ClH/c12-10-7-8(13)1-2-11(10)18(16,17)15-9-3-5-14-6-4-9;/h1-2,7,9,14-15H,3-6H2;1H. The summed E-state index contributed by atoms with van der Waals surface area (Å²) < 4.78 is 39.7. The number of halogens is 3. The van der Waals surface area contributed by atoms with Crippen LogP contribution in [0.15, 0.2) is 23.1 Å². The second-order valence-electron chi connectivity index (χ2n) is 4.22. The lowest BCUT2D eigenvalue weighted by atomic mass is 10.1. The molecule has 1 aromatic rings. The van der Waals surface area contributed by atoms with E-state index in [-0.39, 0.29) is 28.4 Å². The summed E-state index contributed by atoms with van der Waals surface area (Å²) in [7, 11) is -3.68. The molecule has 0 radical (unpaired) electrons. The third kappa shape index (κ3) is 4.29. The Morgan fingerprint density at radius 2 is 1.95 bits per heavy atom. The van der Waals surface area contributed by atoms with Gasteiger partial charge in [0.15, 0.2) is 0 Å². The molecule has 0 amide bonds. The van der Waals surface area contributed by atoms with Gasteiger partial charge in [-0.05, 0) is 44.1 Å². The summed E-state index contributed by atoms with van der Waals surface area (Å²) in [5, 5.41) is 3.05. The molecule has 0 bridgehead atoms. The first-order valence-corrected chi connectivity index (χ1v) is 7.53. The molecule has 4 nitrogen and oxygen atoms in total. The molecule has 19 heavy (non-hydrogen) atoms. The van der Waals surface area contributed by atoms with Crippen LogP contribution in [0.25, 0.3) is 0 Å². The molecule has 8 heteroatoms. The fraction of sp³-hybridized carbons (Fsp3) is 0.455. The van der Waals surface area contributed by atoms with E-state index in [1.165, 1.54) is 6.07 Å². The number of sulfonamides is 1. The average molecular weight is 329 g/mol. The Morgan fingerprint density at radius 3 is 2.53 bits per heavy atom. The lowest BCUT2D eigenvalue weighted by molar-refractivity contribution is 0.427. The van der Waals surface area contributed by atoms with Crippen LogP contribution in [-0.2, 0) is 10.0 Å². The maximum absolute atomic E-state index is 12.9. The lowest BCUT2D eigenvalue weighted by Gasteiger charge is -2.23. The zero-order valence-corrected chi connectivity index (χ0v) is 12.4. The van der Waals surface area contributed by atoms with Crippen molar-refractivity contribution in [1.29, 1.82) is 0 Å². The van der Waals surface area contributed by atoms with Gasteiger partial charge in [0.25, 0.3) is 0 Å². The van der Waals surface area contributed by atoms with Crippen LogP contribution in [0.5, 0.6) is 0 Å². The zero-order valence-electron chi connectivity index (χ0n) is 10.0. The van der Waals surface area contributed by atoms with Crippen molar-refractivity contribution in [2.75, 3.05) is 13.1 Å². The number of hydrogen-bond donors (Lipinski definition) is 2. The Labute approximate surface area is 123 Å². The minimum absolute atomic E-state index is 0. The third-order valence-electron chi connectivity index (χ3n) is 2.84. The molecule has 0 spiro atoms. The van der Waals surface area contributed by atoms with Gasteiger partial charge >= 0.3 is 0 Å². The highest BCUT2D eigenvalue weighted by molar-refractivity contribution is 7.89. The fourth-order valence-corrected chi connectivity index (χ4v) is 3.75. The van der Waals surface area contributed by atoms with E-state index in [9.17, 15) is 12.8 Å². The van der Waals surface area contributed by atoms with Gasteiger partial charge in [-0.1, -0.05) is 11.6 Å². The molecule has 2 rings (SSSR count). The molecule has 0 saturated carbocycles. The molecule has 0 unspecified atom stereocenters. The molecule has 1 aromatic carbocycles. The Balaban J connectivity index is 0.00000180. The van der Waals surface area contributed by atoms with Crippen LogP contribution in [-0.4, -0.2) is 27.5 Å². The predicted molar refractivity (Wildman–Crippen MR) is 74.9 cm³/mol. The van der Waals surface area contributed by atoms with E-state index in [1.54, 1.807) is 0 Å². The Kier molecular flexibility index (Phi) is 6.01. The number of rotatable bonds is 3. The van der Waals surface area contributed by atoms with E-state index in [0.717, 1.165) is 38.1 Å². The zero-order chi connectivity index (χ0) is 13.2. The average Bonchev–Trinajstić information content (AvgIpc) is 2.29. The first-order chi connectivity index (χ1) is 8.49. The number of nitrogens with one attached hydrogen (secondary N) is 2. The molecule has 1 aliphatic rings. The van der Waals surface area contributed by atoms with E-state index in [4.69, 9.17) is 11.6 Å². The minimum atomic E-state index is -3.68. The molecule has 1 saturated heterocycles. The summed E-state index contributed by atoms with van der Waals surface area (Å²) in [6.45, 7) is 1.56. The van der Waals surface area contributed by atoms with Crippen LogP contribution in [0.4, 0.5) is 4.39 Å².